The third-order valence-corrected chi connectivity index (χ3v) is 4.25. The highest BCUT2D eigenvalue weighted by Gasteiger charge is 2.17. The second-order valence-corrected chi connectivity index (χ2v) is 6.67. The quantitative estimate of drug-likeness (QED) is 0.656. The average Bonchev–Trinajstić information content (AvgIpc) is 2.99. The van der Waals surface area contributed by atoms with Crippen LogP contribution in [0.3, 0.4) is 0 Å². The summed E-state index contributed by atoms with van der Waals surface area (Å²) in [5, 5.41) is 2.90. The van der Waals surface area contributed by atoms with Crippen LogP contribution in [0.15, 0.2) is 49.6 Å². The van der Waals surface area contributed by atoms with Gasteiger partial charge in [-0.25, -0.2) is 4.98 Å². The van der Waals surface area contributed by atoms with Gasteiger partial charge in [0, 0.05) is 32.0 Å². The maximum absolute atomic E-state index is 12.8. The lowest BCUT2D eigenvalue weighted by Gasteiger charge is -2.20. The Labute approximate surface area is 160 Å². The zero-order valence-electron chi connectivity index (χ0n) is 16.1. The Balaban J connectivity index is 2.22. The minimum Gasteiger partial charge on any atom is -0.355 e. The first kappa shape index (κ1) is 20.4. The average molecular weight is 368 g/mol. The Kier molecular flexibility index (Phi) is 7.34. The van der Waals surface area contributed by atoms with Crippen LogP contribution in [-0.4, -0.2) is 45.9 Å². The van der Waals surface area contributed by atoms with Crippen LogP contribution in [0.4, 0.5) is 0 Å². The standard InChI is InChI=1S/C21H28N4O2/c1-5-13-24(14-6-2)20(26)15-25-18-10-8-7-9-17(18)23-19(25)11-12-22-21(27)16(3)4/h5-10,16H,1-2,11-15H2,3-4H3,(H,22,27). The summed E-state index contributed by atoms with van der Waals surface area (Å²) in [7, 11) is 0. The number of para-hydroxylation sites is 2. The summed E-state index contributed by atoms with van der Waals surface area (Å²) in [5.41, 5.74) is 1.75. The molecule has 0 aliphatic rings. The predicted octanol–water partition coefficient (Wildman–Crippen LogP) is 2.55. The van der Waals surface area contributed by atoms with Crippen molar-refractivity contribution in [2.75, 3.05) is 19.6 Å². The van der Waals surface area contributed by atoms with Crippen molar-refractivity contribution in [1.82, 2.24) is 19.8 Å². The Bertz CT molecular complexity index is 813. The van der Waals surface area contributed by atoms with Gasteiger partial charge in [0.2, 0.25) is 11.8 Å². The minimum absolute atomic E-state index is 0.0110. The normalized spacial score (nSPS) is 10.8. The van der Waals surface area contributed by atoms with Gasteiger partial charge < -0.3 is 14.8 Å². The predicted molar refractivity (Wildman–Crippen MR) is 108 cm³/mol. The molecule has 1 N–H and O–H groups in total. The number of carbonyl (C=O) groups excluding carboxylic acids is 2. The molecule has 0 aliphatic heterocycles. The number of hydrogen-bond donors (Lipinski definition) is 1. The van der Waals surface area contributed by atoms with Crippen LogP contribution in [0.2, 0.25) is 0 Å². The fourth-order valence-corrected chi connectivity index (χ4v) is 2.82. The molecule has 2 aromatic rings. The van der Waals surface area contributed by atoms with Crippen molar-refractivity contribution in [3.63, 3.8) is 0 Å². The van der Waals surface area contributed by atoms with Crippen molar-refractivity contribution in [3.05, 3.63) is 55.4 Å². The van der Waals surface area contributed by atoms with Gasteiger partial charge in [0.15, 0.2) is 0 Å². The van der Waals surface area contributed by atoms with Gasteiger partial charge in [-0.2, -0.15) is 0 Å². The number of hydrogen-bond acceptors (Lipinski definition) is 3. The van der Waals surface area contributed by atoms with Crippen molar-refractivity contribution in [2.45, 2.75) is 26.8 Å². The van der Waals surface area contributed by atoms with E-state index in [1.54, 1.807) is 17.1 Å². The molecule has 0 atom stereocenters. The molecular weight excluding hydrogens is 340 g/mol. The molecule has 6 heteroatoms. The summed E-state index contributed by atoms with van der Waals surface area (Å²) in [5.74, 6) is 0.713. The maximum atomic E-state index is 12.8. The van der Waals surface area contributed by atoms with Crippen molar-refractivity contribution < 1.29 is 9.59 Å². The number of benzene rings is 1. The summed E-state index contributed by atoms with van der Waals surface area (Å²) in [6, 6.07) is 7.74. The van der Waals surface area contributed by atoms with Crippen LogP contribution in [0.25, 0.3) is 11.0 Å². The Hall–Kier alpha value is -2.89. The molecule has 0 aliphatic carbocycles. The van der Waals surface area contributed by atoms with Gasteiger partial charge in [-0.1, -0.05) is 38.1 Å². The molecule has 0 saturated heterocycles. The lowest BCUT2D eigenvalue weighted by atomic mass is 10.2. The van der Waals surface area contributed by atoms with Gasteiger partial charge in [-0.15, -0.1) is 13.2 Å². The van der Waals surface area contributed by atoms with Crippen LogP contribution in [0.5, 0.6) is 0 Å². The molecule has 1 heterocycles. The van der Waals surface area contributed by atoms with Crippen molar-refractivity contribution in [2.24, 2.45) is 5.92 Å². The van der Waals surface area contributed by atoms with E-state index >= 15 is 0 Å². The molecule has 0 saturated carbocycles. The smallest absolute Gasteiger partial charge is 0.243 e. The molecule has 2 amide bonds. The fraction of sp³-hybridized carbons (Fsp3) is 0.381. The van der Waals surface area contributed by atoms with E-state index in [9.17, 15) is 9.59 Å². The number of aromatic nitrogens is 2. The first-order valence-corrected chi connectivity index (χ1v) is 9.19. The van der Waals surface area contributed by atoms with Crippen LogP contribution in [0, 0.1) is 5.92 Å². The van der Waals surface area contributed by atoms with Gasteiger partial charge in [-0.05, 0) is 12.1 Å². The lowest BCUT2D eigenvalue weighted by Crippen LogP contribution is -2.35. The largest absolute Gasteiger partial charge is 0.355 e. The number of nitrogens with zero attached hydrogens (tertiary/aromatic N) is 3. The van der Waals surface area contributed by atoms with Crippen LogP contribution in [0.1, 0.15) is 19.7 Å². The molecule has 0 unspecified atom stereocenters. The fourth-order valence-electron chi connectivity index (χ4n) is 2.82. The molecule has 144 valence electrons. The van der Waals surface area contributed by atoms with E-state index in [2.05, 4.69) is 23.5 Å². The molecule has 0 radical (unpaired) electrons. The highest BCUT2D eigenvalue weighted by molar-refractivity contribution is 5.81. The molecule has 1 aromatic carbocycles. The highest BCUT2D eigenvalue weighted by atomic mass is 16.2. The van der Waals surface area contributed by atoms with E-state index in [0.717, 1.165) is 16.9 Å². The van der Waals surface area contributed by atoms with Crippen molar-refractivity contribution >= 4 is 22.8 Å². The van der Waals surface area contributed by atoms with Crippen molar-refractivity contribution in [3.8, 4) is 0 Å². The number of imidazole rings is 1. The van der Waals surface area contributed by atoms with Crippen molar-refractivity contribution in [1.29, 1.82) is 0 Å². The number of nitrogens with one attached hydrogen (secondary N) is 1. The van der Waals surface area contributed by atoms with Crippen LogP contribution < -0.4 is 5.32 Å². The topological polar surface area (TPSA) is 67.2 Å². The first-order valence-electron chi connectivity index (χ1n) is 9.19. The van der Waals surface area contributed by atoms with Gasteiger partial charge in [0.25, 0.3) is 0 Å². The van der Waals surface area contributed by atoms with Gasteiger partial charge in [0.05, 0.1) is 11.0 Å². The maximum Gasteiger partial charge on any atom is 0.243 e. The monoisotopic (exact) mass is 368 g/mol. The zero-order valence-corrected chi connectivity index (χ0v) is 16.1. The molecule has 6 nitrogen and oxygen atoms in total. The zero-order chi connectivity index (χ0) is 19.8. The van der Waals surface area contributed by atoms with E-state index in [1.165, 1.54) is 0 Å². The SMILES string of the molecule is C=CCN(CC=C)C(=O)Cn1c(CCNC(=O)C(C)C)nc2ccccc21. The van der Waals surface area contributed by atoms with E-state index < -0.39 is 0 Å². The van der Waals surface area contributed by atoms with Gasteiger partial charge in [-0.3, -0.25) is 9.59 Å². The Morgan fingerprint density at radius 2 is 1.89 bits per heavy atom. The highest BCUT2D eigenvalue weighted by Crippen LogP contribution is 2.17. The molecular formula is C21H28N4O2. The van der Waals surface area contributed by atoms with Crippen LogP contribution in [-0.2, 0) is 22.6 Å². The molecule has 1 aromatic heterocycles. The number of rotatable bonds is 10. The molecule has 27 heavy (non-hydrogen) atoms. The molecule has 2 rings (SSSR count). The van der Waals surface area contributed by atoms with E-state index in [0.29, 0.717) is 26.1 Å². The summed E-state index contributed by atoms with van der Waals surface area (Å²) >= 11 is 0. The molecule has 0 bridgehead atoms. The molecule has 0 fully saturated rings. The van der Waals surface area contributed by atoms with E-state index in [-0.39, 0.29) is 24.3 Å². The first-order chi connectivity index (χ1) is 13.0. The number of amides is 2. The van der Waals surface area contributed by atoms with E-state index in [4.69, 9.17) is 0 Å². The van der Waals surface area contributed by atoms with Crippen LogP contribution >= 0.6 is 0 Å². The second kappa shape index (κ2) is 9.71. The second-order valence-electron chi connectivity index (χ2n) is 6.67. The number of fused-ring (bicyclic) bond motifs is 1. The Morgan fingerprint density at radius 1 is 1.22 bits per heavy atom. The van der Waals surface area contributed by atoms with E-state index in [1.807, 2.05) is 42.7 Å². The summed E-state index contributed by atoms with van der Waals surface area (Å²) < 4.78 is 1.93. The Morgan fingerprint density at radius 3 is 2.52 bits per heavy atom. The third-order valence-electron chi connectivity index (χ3n) is 4.25. The third kappa shape index (κ3) is 5.29. The molecule has 0 spiro atoms. The van der Waals surface area contributed by atoms with Gasteiger partial charge in [0.1, 0.15) is 12.4 Å². The number of carbonyl (C=O) groups is 2. The summed E-state index contributed by atoms with van der Waals surface area (Å²) in [6.45, 7) is 12.8. The summed E-state index contributed by atoms with van der Waals surface area (Å²) in [6.07, 6.45) is 3.97. The van der Waals surface area contributed by atoms with Gasteiger partial charge >= 0.3 is 0 Å². The minimum atomic E-state index is -0.0586. The lowest BCUT2D eigenvalue weighted by molar-refractivity contribution is -0.130. The summed E-state index contributed by atoms with van der Waals surface area (Å²) in [4.78, 5) is 30.9.